The molecule has 1 aliphatic heterocycles. The van der Waals surface area contributed by atoms with Gasteiger partial charge in [0.25, 0.3) is 5.91 Å². The summed E-state index contributed by atoms with van der Waals surface area (Å²) < 4.78 is 5.13. The maximum absolute atomic E-state index is 12.3. The largest absolute Gasteiger partial charge is 0.496 e. The Morgan fingerprint density at radius 3 is 2.47 bits per heavy atom. The second-order valence-corrected chi connectivity index (χ2v) is 4.34. The molecule has 1 fully saturated rings. The Morgan fingerprint density at radius 1 is 1.26 bits per heavy atom. The molecular formula is C13H14N2O4. The van der Waals surface area contributed by atoms with Crippen LogP contribution in [0, 0.1) is 6.92 Å². The zero-order chi connectivity index (χ0) is 14.0. The van der Waals surface area contributed by atoms with Crippen LogP contribution in [0.1, 0.15) is 15.9 Å². The summed E-state index contributed by atoms with van der Waals surface area (Å²) in [5.74, 6) is -0.912. The van der Waals surface area contributed by atoms with E-state index in [2.05, 4.69) is 5.32 Å². The molecule has 0 aliphatic carbocycles. The Kier molecular flexibility index (Phi) is 3.50. The Bertz CT molecular complexity index is 538. The number of benzene rings is 1. The van der Waals surface area contributed by atoms with Gasteiger partial charge in [0.2, 0.25) is 11.8 Å². The first-order valence-electron chi connectivity index (χ1n) is 5.78. The van der Waals surface area contributed by atoms with Gasteiger partial charge in [0, 0.05) is 0 Å². The number of carbonyl (C=O) groups is 3. The van der Waals surface area contributed by atoms with Crippen molar-refractivity contribution < 1.29 is 19.1 Å². The fourth-order valence-electron chi connectivity index (χ4n) is 1.94. The maximum atomic E-state index is 12.3. The van der Waals surface area contributed by atoms with Crippen LogP contribution in [0.3, 0.4) is 0 Å². The molecule has 1 aromatic carbocycles. The maximum Gasteiger partial charge on any atom is 0.258 e. The average molecular weight is 262 g/mol. The van der Waals surface area contributed by atoms with Crippen LogP contribution in [-0.2, 0) is 9.59 Å². The molecule has 0 bridgehead atoms. The molecule has 1 aliphatic rings. The minimum absolute atomic E-state index is 0.123. The Morgan fingerprint density at radius 2 is 1.89 bits per heavy atom. The number of aryl methyl sites for hydroxylation is 1. The molecule has 100 valence electrons. The fraction of sp³-hybridized carbons (Fsp3) is 0.308. The molecule has 0 aromatic heterocycles. The highest BCUT2D eigenvalue weighted by atomic mass is 16.5. The number of piperazine rings is 1. The topological polar surface area (TPSA) is 75.7 Å². The molecule has 0 unspecified atom stereocenters. The van der Waals surface area contributed by atoms with Crippen LogP contribution >= 0.6 is 0 Å². The molecule has 19 heavy (non-hydrogen) atoms. The van der Waals surface area contributed by atoms with Gasteiger partial charge in [-0.15, -0.1) is 0 Å². The highest BCUT2D eigenvalue weighted by Crippen LogP contribution is 2.21. The van der Waals surface area contributed by atoms with Crippen LogP contribution in [0.4, 0.5) is 0 Å². The molecule has 0 saturated carbocycles. The van der Waals surface area contributed by atoms with Crippen molar-refractivity contribution in [3.8, 4) is 5.75 Å². The molecule has 1 N–H and O–H groups in total. The van der Waals surface area contributed by atoms with E-state index in [1.54, 1.807) is 12.1 Å². The standard InChI is InChI=1S/C13H14N2O4/c1-8-3-4-10(19-2)9(5-8)13(18)15-6-11(16)14-12(17)7-15/h3-5H,6-7H2,1-2H3,(H,14,16,17). The quantitative estimate of drug-likeness (QED) is 0.767. The minimum Gasteiger partial charge on any atom is -0.496 e. The van der Waals surface area contributed by atoms with Gasteiger partial charge in [0.15, 0.2) is 0 Å². The molecule has 1 saturated heterocycles. The normalized spacial score (nSPS) is 15.2. The zero-order valence-electron chi connectivity index (χ0n) is 10.7. The van der Waals surface area contributed by atoms with Crippen LogP contribution in [0.15, 0.2) is 18.2 Å². The molecule has 0 atom stereocenters. The van der Waals surface area contributed by atoms with E-state index in [-0.39, 0.29) is 19.0 Å². The minimum atomic E-state index is -0.476. The first-order chi connectivity index (χ1) is 9.01. The summed E-state index contributed by atoms with van der Waals surface area (Å²) in [5, 5.41) is 2.15. The lowest BCUT2D eigenvalue weighted by Gasteiger charge is -2.26. The third kappa shape index (κ3) is 2.73. The van der Waals surface area contributed by atoms with Crippen molar-refractivity contribution in [2.24, 2.45) is 0 Å². The highest BCUT2D eigenvalue weighted by Gasteiger charge is 2.28. The lowest BCUT2D eigenvalue weighted by atomic mass is 10.1. The number of hydrogen-bond acceptors (Lipinski definition) is 4. The van der Waals surface area contributed by atoms with Gasteiger partial charge in [-0.2, -0.15) is 0 Å². The van der Waals surface area contributed by atoms with Crippen LogP contribution in [0.5, 0.6) is 5.75 Å². The van der Waals surface area contributed by atoms with Crippen LogP contribution in [0.25, 0.3) is 0 Å². The monoisotopic (exact) mass is 262 g/mol. The van der Waals surface area contributed by atoms with Gasteiger partial charge in [-0.1, -0.05) is 11.6 Å². The van der Waals surface area contributed by atoms with Gasteiger partial charge in [-0.05, 0) is 19.1 Å². The molecule has 6 nitrogen and oxygen atoms in total. The predicted octanol–water partition coefficient (Wildman–Crippen LogP) is 0.102. The van der Waals surface area contributed by atoms with Crippen molar-refractivity contribution in [2.75, 3.05) is 20.2 Å². The lowest BCUT2D eigenvalue weighted by molar-refractivity contribution is -0.135. The van der Waals surface area contributed by atoms with Crippen molar-refractivity contribution in [3.63, 3.8) is 0 Å². The SMILES string of the molecule is COc1ccc(C)cc1C(=O)N1CC(=O)NC(=O)C1. The van der Waals surface area contributed by atoms with Gasteiger partial charge >= 0.3 is 0 Å². The number of methoxy groups -OCH3 is 1. The van der Waals surface area contributed by atoms with Crippen molar-refractivity contribution in [1.29, 1.82) is 0 Å². The molecule has 3 amide bonds. The van der Waals surface area contributed by atoms with Gasteiger partial charge in [0.1, 0.15) is 18.8 Å². The number of rotatable bonds is 2. The van der Waals surface area contributed by atoms with E-state index in [0.29, 0.717) is 11.3 Å². The van der Waals surface area contributed by atoms with E-state index in [1.807, 2.05) is 13.0 Å². The molecule has 1 heterocycles. The second-order valence-electron chi connectivity index (χ2n) is 4.34. The van der Waals surface area contributed by atoms with Crippen molar-refractivity contribution in [2.45, 2.75) is 6.92 Å². The first-order valence-corrected chi connectivity index (χ1v) is 5.78. The number of nitrogens with zero attached hydrogens (tertiary/aromatic N) is 1. The van der Waals surface area contributed by atoms with Crippen LogP contribution in [0.2, 0.25) is 0 Å². The Balaban J connectivity index is 2.31. The predicted molar refractivity (Wildman–Crippen MR) is 66.8 cm³/mol. The summed E-state index contributed by atoms with van der Waals surface area (Å²) >= 11 is 0. The number of amides is 3. The summed E-state index contributed by atoms with van der Waals surface area (Å²) in [6.45, 7) is 1.60. The molecule has 0 spiro atoms. The number of carbonyl (C=O) groups excluding carboxylic acids is 3. The number of hydrogen-bond donors (Lipinski definition) is 1. The molecular weight excluding hydrogens is 248 g/mol. The Hall–Kier alpha value is -2.37. The van der Waals surface area contributed by atoms with Crippen molar-refractivity contribution in [1.82, 2.24) is 10.2 Å². The van der Waals surface area contributed by atoms with Crippen molar-refractivity contribution in [3.05, 3.63) is 29.3 Å². The van der Waals surface area contributed by atoms with Gasteiger partial charge in [-0.3, -0.25) is 19.7 Å². The summed E-state index contributed by atoms with van der Waals surface area (Å²) in [6, 6.07) is 5.19. The van der Waals surface area contributed by atoms with Gasteiger partial charge < -0.3 is 9.64 Å². The number of imide groups is 1. The van der Waals surface area contributed by atoms with E-state index >= 15 is 0 Å². The van der Waals surface area contributed by atoms with Crippen LogP contribution < -0.4 is 10.1 Å². The third-order valence-corrected chi connectivity index (χ3v) is 2.82. The first kappa shape index (κ1) is 13.1. The summed E-state index contributed by atoms with van der Waals surface area (Å²) in [4.78, 5) is 36.1. The van der Waals surface area contributed by atoms with Gasteiger partial charge in [0.05, 0.1) is 12.7 Å². The lowest BCUT2D eigenvalue weighted by Crippen LogP contribution is -2.53. The Labute approximate surface area is 110 Å². The number of nitrogens with one attached hydrogen (secondary N) is 1. The molecule has 1 aromatic rings. The molecule has 6 heteroatoms. The summed E-state index contributed by atoms with van der Waals surface area (Å²) in [6.07, 6.45) is 0. The zero-order valence-corrected chi connectivity index (χ0v) is 10.7. The number of ether oxygens (including phenoxy) is 1. The van der Waals surface area contributed by atoms with E-state index in [1.165, 1.54) is 12.0 Å². The molecule has 0 radical (unpaired) electrons. The molecule has 2 rings (SSSR count). The fourth-order valence-corrected chi connectivity index (χ4v) is 1.94. The van der Waals surface area contributed by atoms with Crippen LogP contribution in [-0.4, -0.2) is 42.8 Å². The van der Waals surface area contributed by atoms with E-state index < -0.39 is 11.8 Å². The smallest absolute Gasteiger partial charge is 0.258 e. The summed E-state index contributed by atoms with van der Waals surface area (Å²) in [7, 11) is 1.47. The van der Waals surface area contributed by atoms with Gasteiger partial charge in [-0.25, -0.2) is 0 Å². The average Bonchev–Trinajstić information content (AvgIpc) is 2.36. The highest BCUT2D eigenvalue weighted by molar-refractivity contribution is 6.06. The van der Waals surface area contributed by atoms with Crippen molar-refractivity contribution >= 4 is 17.7 Å². The van der Waals surface area contributed by atoms with E-state index in [0.717, 1.165) is 5.56 Å². The van der Waals surface area contributed by atoms with E-state index in [4.69, 9.17) is 4.74 Å². The van der Waals surface area contributed by atoms with E-state index in [9.17, 15) is 14.4 Å². The second kappa shape index (κ2) is 5.09. The third-order valence-electron chi connectivity index (χ3n) is 2.82. The summed E-state index contributed by atoms with van der Waals surface area (Å²) in [5.41, 5.74) is 1.25.